The zero-order valence-corrected chi connectivity index (χ0v) is 11.2. The van der Waals surface area contributed by atoms with Crippen LogP contribution in [0.1, 0.15) is 23.3 Å². The predicted molar refractivity (Wildman–Crippen MR) is 74.3 cm³/mol. The van der Waals surface area contributed by atoms with E-state index < -0.39 is 0 Å². The molecule has 0 spiro atoms. The summed E-state index contributed by atoms with van der Waals surface area (Å²) in [6.45, 7) is 2.77. The summed E-state index contributed by atoms with van der Waals surface area (Å²) < 4.78 is 13.5. The van der Waals surface area contributed by atoms with E-state index in [1.54, 1.807) is 17.4 Å². The van der Waals surface area contributed by atoms with Crippen LogP contribution in [0.5, 0.6) is 0 Å². The maximum atomic E-state index is 13.5. The fourth-order valence-electron chi connectivity index (χ4n) is 2.02. The zero-order valence-electron chi connectivity index (χ0n) is 10.4. The molecule has 18 heavy (non-hydrogen) atoms. The lowest BCUT2D eigenvalue weighted by Gasteiger charge is -2.03. The molecule has 1 aliphatic carbocycles. The lowest BCUT2D eigenvalue weighted by atomic mass is 10.1. The second-order valence-electron chi connectivity index (χ2n) is 4.83. The van der Waals surface area contributed by atoms with E-state index in [1.807, 2.05) is 13.0 Å². The van der Waals surface area contributed by atoms with Crippen molar-refractivity contribution in [1.29, 1.82) is 0 Å². The van der Waals surface area contributed by atoms with Crippen molar-refractivity contribution in [3.8, 4) is 10.4 Å². The van der Waals surface area contributed by atoms with Gasteiger partial charge in [0.1, 0.15) is 5.82 Å². The third-order valence-electron chi connectivity index (χ3n) is 3.34. The van der Waals surface area contributed by atoms with Crippen LogP contribution in [-0.4, -0.2) is 6.04 Å². The number of hydrogen-bond acceptors (Lipinski definition) is 2. The molecule has 94 valence electrons. The molecule has 3 heteroatoms. The van der Waals surface area contributed by atoms with Crippen molar-refractivity contribution >= 4 is 11.3 Å². The molecule has 0 saturated heterocycles. The highest BCUT2D eigenvalue weighted by Crippen LogP contribution is 2.31. The average Bonchev–Trinajstić information content (AvgIpc) is 3.08. The molecular weight excluding hydrogens is 245 g/mol. The van der Waals surface area contributed by atoms with Gasteiger partial charge in [-0.3, -0.25) is 0 Å². The minimum Gasteiger partial charge on any atom is -0.309 e. The second-order valence-corrected chi connectivity index (χ2v) is 6.00. The molecule has 0 radical (unpaired) electrons. The highest BCUT2D eigenvalue weighted by Gasteiger charge is 2.20. The van der Waals surface area contributed by atoms with Gasteiger partial charge >= 0.3 is 0 Å². The van der Waals surface area contributed by atoms with Gasteiger partial charge < -0.3 is 5.32 Å². The van der Waals surface area contributed by atoms with Crippen LogP contribution in [0.4, 0.5) is 4.39 Å². The van der Waals surface area contributed by atoms with Gasteiger partial charge in [0.05, 0.1) is 0 Å². The molecule has 1 fully saturated rings. The molecule has 1 aromatic heterocycles. The van der Waals surface area contributed by atoms with Gasteiger partial charge in [-0.05, 0) is 49.1 Å². The molecule has 1 aromatic carbocycles. The van der Waals surface area contributed by atoms with Crippen molar-refractivity contribution in [1.82, 2.24) is 5.32 Å². The van der Waals surface area contributed by atoms with Gasteiger partial charge in [-0.1, -0.05) is 12.1 Å². The van der Waals surface area contributed by atoms with Crippen molar-refractivity contribution in [2.45, 2.75) is 32.4 Å². The first-order valence-corrected chi connectivity index (χ1v) is 7.13. The Hall–Kier alpha value is -1.19. The van der Waals surface area contributed by atoms with Crippen molar-refractivity contribution in [3.05, 3.63) is 46.6 Å². The Morgan fingerprint density at radius 1 is 1.28 bits per heavy atom. The van der Waals surface area contributed by atoms with Crippen molar-refractivity contribution in [2.24, 2.45) is 0 Å². The van der Waals surface area contributed by atoms with Crippen molar-refractivity contribution < 1.29 is 4.39 Å². The number of hydrogen-bond donors (Lipinski definition) is 1. The van der Waals surface area contributed by atoms with E-state index >= 15 is 0 Å². The first-order chi connectivity index (χ1) is 8.74. The SMILES string of the molecule is Cc1c(F)cccc1-c1ccc(CNC2CC2)s1. The molecule has 2 aromatic rings. The van der Waals surface area contributed by atoms with Gasteiger partial charge in [-0.15, -0.1) is 11.3 Å². The zero-order chi connectivity index (χ0) is 12.5. The molecular formula is C15H16FNS. The van der Waals surface area contributed by atoms with E-state index in [9.17, 15) is 4.39 Å². The Kier molecular flexibility index (Phi) is 3.18. The lowest BCUT2D eigenvalue weighted by molar-refractivity contribution is 0.619. The molecule has 1 nitrogen and oxygen atoms in total. The summed E-state index contributed by atoms with van der Waals surface area (Å²) in [6.07, 6.45) is 2.61. The Morgan fingerprint density at radius 3 is 2.89 bits per heavy atom. The van der Waals surface area contributed by atoms with E-state index in [0.29, 0.717) is 0 Å². The average molecular weight is 261 g/mol. The van der Waals surface area contributed by atoms with Gasteiger partial charge in [0, 0.05) is 22.3 Å². The maximum Gasteiger partial charge on any atom is 0.126 e. The van der Waals surface area contributed by atoms with E-state index in [1.165, 1.54) is 23.8 Å². The van der Waals surface area contributed by atoms with Crippen LogP contribution < -0.4 is 5.32 Å². The fourth-order valence-corrected chi connectivity index (χ4v) is 3.07. The van der Waals surface area contributed by atoms with Crippen LogP contribution in [0.2, 0.25) is 0 Å². The summed E-state index contributed by atoms with van der Waals surface area (Å²) in [4.78, 5) is 2.47. The van der Waals surface area contributed by atoms with Crippen LogP contribution in [0.15, 0.2) is 30.3 Å². The smallest absolute Gasteiger partial charge is 0.126 e. The molecule has 1 N–H and O–H groups in total. The third-order valence-corrected chi connectivity index (χ3v) is 4.46. The highest BCUT2D eigenvalue weighted by atomic mass is 32.1. The third kappa shape index (κ3) is 2.47. The molecule has 1 aliphatic rings. The van der Waals surface area contributed by atoms with Crippen LogP contribution in [0, 0.1) is 12.7 Å². The van der Waals surface area contributed by atoms with Crippen molar-refractivity contribution in [2.75, 3.05) is 0 Å². The van der Waals surface area contributed by atoms with Crippen LogP contribution in [-0.2, 0) is 6.54 Å². The van der Waals surface area contributed by atoms with Crippen LogP contribution in [0.25, 0.3) is 10.4 Å². The summed E-state index contributed by atoms with van der Waals surface area (Å²) >= 11 is 1.75. The van der Waals surface area contributed by atoms with Gasteiger partial charge in [0.15, 0.2) is 0 Å². The Morgan fingerprint density at radius 2 is 2.11 bits per heavy atom. The summed E-state index contributed by atoms with van der Waals surface area (Å²) in [5.74, 6) is -0.126. The molecule has 0 unspecified atom stereocenters. The van der Waals surface area contributed by atoms with Crippen molar-refractivity contribution in [3.63, 3.8) is 0 Å². The summed E-state index contributed by atoms with van der Waals surface area (Å²) in [5.41, 5.74) is 1.75. The van der Waals surface area contributed by atoms with Crippen LogP contribution in [0.3, 0.4) is 0 Å². The van der Waals surface area contributed by atoms with Crippen LogP contribution >= 0.6 is 11.3 Å². The second kappa shape index (κ2) is 4.82. The van der Waals surface area contributed by atoms with E-state index in [0.717, 1.165) is 28.6 Å². The lowest BCUT2D eigenvalue weighted by Crippen LogP contribution is -2.14. The predicted octanol–water partition coefficient (Wildman–Crippen LogP) is 4.11. The summed E-state index contributed by atoms with van der Waals surface area (Å²) in [7, 11) is 0. The van der Waals surface area contributed by atoms with E-state index in [-0.39, 0.29) is 5.82 Å². The number of benzene rings is 1. The number of rotatable bonds is 4. The molecule has 1 saturated carbocycles. The Balaban J connectivity index is 1.80. The standard InChI is InChI=1S/C15H16FNS/c1-10-13(3-2-4-14(10)16)15-8-7-12(18-15)9-17-11-5-6-11/h2-4,7-8,11,17H,5-6,9H2,1H3. The molecule has 0 aliphatic heterocycles. The first-order valence-electron chi connectivity index (χ1n) is 6.31. The normalized spacial score (nSPS) is 15.0. The number of halogens is 1. The quantitative estimate of drug-likeness (QED) is 0.873. The molecule has 0 atom stereocenters. The Labute approximate surface area is 111 Å². The monoisotopic (exact) mass is 261 g/mol. The fraction of sp³-hybridized carbons (Fsp3) is 0.333. The minimum absolute atomic E-state index is 0.126. The Bertz CT molecular complexity index is 557. The minimum atomic E-state index is -0.126. The van der Waals surface area contributed by atoms with E-state index in [4.69, 9.17) is 0 Å². The largest absolute Gasteiger partial charge is 0.309 e. The summed E-state index contributed by atoms with van der Waals surface area (Å²) in [6, 6.07) is 10.2. The van der Waals surface area contributed by atoms with Gasteiger partial charge in [0.25, 0.3) is 0 Å². The van der Waals surface area contributed by atoms with Gasteiger partial charge in [0.2, 0.25) is 0 Å². The molecule has 0 amide bonds. The topological polar surface area (TPSA) is 12.0 Å². The highest BCUT2D eigenvalue weighted by molar-refractivity contribution is 7.15. The molecule has 0 bridgehead atoms. The summed E-state index contributed by atoms with van der Waals surface area (Å²) in [5, 5.41) is 3.50. The van der Waals surface area contributed by atoms with Gasteiger partial charge in [-0.2, -0.15) is 0 Å². The number of nitrogens with one attached hydrogen (secondary N) is 1. The van der Waals surface area contributed by atoms with E-state index in [2.05, 4.69) is 17.4 Å². The first kappa shape index (κ1) is 11.9. The molecule has 3 rings (SSSR count). The maximum absolute atomic E-state index is 13.5. The van der Waals surface area contributed by atoms with Gasteiger partial charge in [-0.25, -0.2) is 4.39 Å². The number of thiophene rings is 1. The molecule has 1 heterocycles.